The van der Waals surface area contributed by atoms with Crippen LogP contribution in [0.5, 0.6) is 0 Å². The number of fused-ring (bicyclic) bond motifs is 1. The lowest BCUT2D eigenvalue weighted by Crippen LogP contribution is -1.95. The molecule has 0 aromatic carbocycles. The summed E-state index contributed by atoms with van der Waals surface area (Å²) in [5, 5.41) is 4.15. The average Bonchev–Trinajstić information content (AvgIpc) is 2.75. The average molecular weight is 239 g/mol. The van der Waals surface area contributed by atoms with Crippen LogP contribution in [0, 0.1) is 6.92 Å². The Morgan fingerprint density at radius 3 is 2.78 bits per heavy atom. The predicted molar refractivity (Wildman–Crippen MR) is 70.9 cm³/mol. The number of pyridine rings is 2. The topological polar surface area (TPSA) is 69.6 Å². The monoisotopic (exact) mass is 239 g/mol. The van der Waals surface area contributed by atoms with Crippen LogP contribution in [0.1, 0.15) is 5.56 Å². The van der Waals surface area contributed by atoms with E-state index in [1.807, 2.05) is 38.4 Å². The van der Waals surface area contributed by atoms with E-state index in [9.17, 15) is 0 Å². The van der Waals surface area contributed by atoms with Gasteiger partial charge < -0.3 is 5.73 Å². The van der Waals surface area contributed by atoms with Gasteiger partial charge in [0.2, 0.25) is 0 Å². The first-order valence-corrected chi connectivity index (χ1v) is 5.66. The molecule has 3 aromatic heterocycles. The molecule has 0 aliphatic heterocycles. The number of nitrogens with two attached hydrogens (primary N) is 1. The van der Waals surface area contributed by atoms with Gasteiger partial charge in [0.25, 0.3) is 0 Å². The van der Waals surface area contributed by atoms with E-state index in [0.717, 1.165) is 27.9 Å². The van der Waals surface area contributed by atoms with Crippen molar-refractivity contribution in [3.63, 3.8) is 0 Å². The van der Waals surface area contributed by atoms with Crippen LogP contribution in [0.25, 0.3) is 22.3 Å². The van der Waals surface area contributed by atoms with Crippen molar-refractivity contribution in [3.8, 4) is 11.3 Å². The van der Waals surface area contributed by atoms with Gasteiger partial charge in [0.05, 0.1) is 22.9 Å². The van der Waals surface area contributed by atoms with Crippen LogP contribution in [0.4, 0.5) is 5.82 Å². The van der Waals surface area contributed by atoms with Gasteiger partial charge in [-0.1, -0.05) is 0 Å². The molecule has 0 unspecified atom stereocenters. The molecule has 90 valence electrons. The minimum atomic E-state index is 0.524. The third-order valence-corrected chi connectivity index (χ3v) is 2.86. The van der Waals surface area contributed by atoms with Crippen LogP contribution in [0.2, 0.25) is 0 Å². The molecule has 3 rings (SSSR count). The highest BCUT2D eigenvalue weighted by atomic mass is 15.2. The van der Waals surface area contributed by atoms with Crippen LogP contribution in [0.15, 0.2) is 30.6 Å². The molecule has 0 amide bonds. The number of aryl methyl sites for hydroxylation is 2. The van der Waals surface area contributed by atoms with Crippen molar-refractivity contribution in [2.24, 2.45) is 7.05 Å². The first-order chi connectivity index (χ1) is 8.63. The Bertz CT molecular complexity index is 729. The summed E-state index contributed by atoms with van der Waals surface area (Å²) < 4.78 is 1.76. The molecule has 3 heterocycles. The van der Waals surface area contributed by atoms with Gasteiger partial charge in [0.15, 0.2) is 0 Å². The lowest BCUT2D eigenvalue weighted by atomic mass is 10.1. The fraction of sp³-hybridized carbons (Fsp3) is 0.154. The highest BCUT2D eigenvalue weighted by molar-refractivity contribution is 5.82. The molecule has 0 aliphatic rings. The number of hydrogen-bond acceptors (Lipinski definition) is 4. The Morgan fingerprint density at radius 1 is 1.22 bits per heavy atom. The van der Waals surface area contributed by atoms with Gasteiger partial charge in [-0.3, -0.25) is 4.68 Å². The van der Waals surface area contributed by atoms with Crippen LogP contribution in [-0.4, -0.2) is 19.7 Å². The van der Waals surface area contributed by atoms with E-state index >= 15 is 0 Å². The third kappa shape index (κ3) is 1.69. The number of nitrogens with zero attached hydrogens (tertiary/aromatic N) is 4. The van der Waals surface area contributed by atoms with Gasteiger partial charge in [-0.2, -0.15) is 5.10 Å². The summed E-state index contributed by atoms with van der Waals surface area (Å²) in [6.45, 7) is 1.99. The Hall–Kier alpha value is -2.43. The number of rotatable bonds is 1. The summed E-state index contributed by atoms with van der Waals surface area (Å²) in [6, 6.07) is 5.71. The van der Waals surface area contributed by atoms with E-state index in [4.69, 9.17) is 5.73 Å². The van der Waals surface area contributed by atoms with Crippen molar-refractivity contribution in [1.82, 2.24) is 19.7 Å². The smallest absolute Gasteiger partial charge is 0.124 e. The first kappa shape index (κ1) is 10.7. The predicted octanol–water partition coefficient (Wildman–Crippen LogP) is 1.92. The molecule has 0 bridgehead atoms. The van der Waals surface area contributed by atoms with Crippen LogP contribution < -0.4 is 5.73 Å². The minimum Gasteiger partial charge on any atom is -0.384 e. The van der Waals surface area contributed by atoms with Crippen LogP contribution >= 0.6 is 0 Å². The van der Waals surface area contributed by atoms with Gasteiger partial charge in [-0.25, -0.2) is 9.97 Å². The zero-order valence-corrected chi connectivity index (χ0v) is 10.3. The SMILES string of the molecule is Cc1cc(N)nc2ccc(-c3cnn(C)c3)nc12. The molecule has 0 saturated carbocycles. The van der Waals surface area contributed by atoms with Crippen molar-refractivity contribution in [3.05, 3.63) is 36.2 Å². The van der Waals surface area contributed by atoms with E-state index in [2.05, 4.69) is 15.1 Å². The summed E-state index contributed by atoms with van der Waals surface area (Å²) in [5.74, 6) is 0.524. The van der Waals surface area contributed by atoms with Crippen molar-refractivity contribution in [1.29, 1.82) is 0 Å². The summed E-state index contributed by atoms with van der Waals surface area (Å²) in [5.41, 5.74) is 10.3. The fourth-order valence-corrected chi connectivity index (χ4v) is 2.01. The summed E-state index contributed by atoms with van der Waals surface area (Å²) in [6.07, 6.45) is 3.74. The van der Waals surface area contributed by atoms with E-state index in [0.29, 0.717) is 5.82 Å². The minimum absolute atomic E-state index is 0.524. The maximum atomic E-state index is 5.72. The van der Waals surface area contributed by atoms with Crippen molar-refractivity contribution in [2.45, 2.75) is 6.92 Å². The molecule has 0 saturated heterocycles. The van der Waals surface area contributed by atoms with Crippen LogP contribution in [-0.2, 0) is 7.05 Å². The molecule has 0 radical (unpaired) electrons. The van der Waals surface area contributed by atoms with E-state index in [-0.39, 0.29) is 0 Å². The second-order valence-corrected chi connectivity index (χ2v) is 4.33. The summed E-state index contributed by atoms with van der Waals surface area (Å²) >= 11 is 0. The largest absolute Gasteiger partial charge is 0.384 e. The van der Waals surface area contributed by atoms with Gasteiger partial charge in [0.1, 0.15) is 5.82 Å². The van der Waals surface area contributed by atoms with E-state index in [1.54, 1.807) is 10.9 Å². The zero-order valence-electron chi connectivity index (χ0n) is 10.3. The molecule has 0 fully saturated rings. The first-order valence-electron chi connectivity index (χ1n) is 5.66. The normalized spacial score (nSPS) is 11.0. The molecular weight excluding hydrogens is 226 g/mol. The molecule has 0 spiro atoms. The van der Waals surface area contributed by atoms with E-state index < -0.39 is 0 Å². The van der Waals surface area contributed by atoms with Gasteiger partial charge in [-0.05, 0) is 30.7 Å². The molecule has 18 heavy (non-hydrogen) atoms. The van der Waals surface area contributed by atoms with Crippen LogP contribution in [0.3, 0.4) is 0 Å². The molecule has 5 heteroatoms. The van der Waals surface area contributed by atoms with Crippen molar-refractivity contribution in [2.75, 3.05) is 5.73 Å². The maximum absolute atomic E-state index is 5.72. The zero-order chi connectivity index (χ0) is 12.7. The van der Waals surface area contributed by atoms with E-state index in [1.165, 1.54) is 0 Å². The molecule has 0 aliphatic carbocycles. The maximum Gasteiger partial charge on any atom is 0.124 e. The lowest BCUT2D eigenvalue weighted by Gasteiger charge is -2.04. The van der Waals surface area contributed by atoms with Gasteiger partial charge >= 0.3 is 0 Å². The fourth-order valence-electron chi connectivity index (χ4n) is 2.01. The Labute approximate surface area is 104 Å². The lowest BCUT2D eigenvalue weighted by molar-refractivity contribution is 0.768. The quantitative estimate of drug-likeness (QED) is 0.704. The number of aromatic nitrogens is 4. The highest BCUT2D eigenvalue weighted by Crippen LogP contribution is 2.22. The number of anilines is 1. The third-order valence-electron chi connectivity index (χ3n) is 2.86. The number of nitrogen functional groups attached to an aromatic ring is 1. The second-order valence-electron chi connectivity index (χ2n) is 4.33. The Kier molecular flexibility index (Phi) is 2.26. The Morgan fingerprint density at radius 2 is 2.06 bits per heavy atom. The van der Waals surface area contributed by atoms with Crippen molar-refractivity contribution >= 4 is 16.9 Å². The van der Waals surface area contributed by atoms with Gasteiger partial charge in [-0.15, -0.1) is 0 Å². The highest BCUT2D eigenvalue weighted by Gasteiger charge is 2.06. The second kappa shape index (κ2) is 3.80. The molecule has 5 nitrogen and oxygen atoms in total. The van der Waals surface area contributed by atoms with Crippen molar-refractivity contribution < 1.29 is 0 Å². The number of hydrogen-bond donors (Lipinski definition) is 1. The van der Waals surface area contributed by atoms with Gasteiger partial charge in [0, 0.05) is 18.8 Å². The molecular formula is C13H13N5. The molecule has 2 N–H and O–H groups in total. The summed E-state index contributed by atoms with van der Waals surface area (Å²) in [4.78, 5) is 8.90. The molecule has 3 aromatic rings. The standard InChI is InChI=1S/C13H13N5/c1-8-5-12(14)16-11-4-3-10(17-13(8)11)9-6-15-18(2)7-9/h3-7H,1-2H3,(H2,14,16). The molecule has 0 atom stereocenters. The Balaban J connectivity index is 2.22. The summed E-state index contributed by atoms with van der Waals surface area (Å²) in [7, 11) is 1.89.